The molecule has 0 aliphatic rings. The van der Waals surface area contributed by atoms with Crippen LogP contribution < -0.4 is 4.90 Å². The predicted molar refractivity (Wildman–Crippen MR) is 202 cm³/mol. The molecule has 0 saturated heterocycles. The smallest absolute Gasteiger partial charge is 0.143 e. The fourth-order valence-corrected chi connectivity index (χ4v) is 5.75. The molecule has 1 aromatic heterocycles. The molecule has 9 rings (SSSR count). The van der Waals surface area contributed by atoms with Gasteiger partial charge in [0, 0.05) is 22.1 Å². The molecule has 2 nitrogen and oxygen atoms in total. The largest absolute Gasteiger partial charge is 0.455 e. The maximum absolute atomic E-state index is 9.66. The van der Waals surface area contributed by atoms with Crippen molar-refractivity contribution in [2.24, 2.45) is 0 Å². The molecule has 8 aromatic carbocycles. The zero-order chi connectivity index (χ0) is 46.7. The van der Waals surface area contributed by atoms with Crippen LogP contribution in [0.4, 0.5) is 17.1 Å². The van der Waals surface area contributed by atoms with Crippen molar-refractivity contribution in [1.29, 1.82) is 0 Å². The van der Waals surface area contributed by atoms with Crippen LogP contribution in [0.2, 0.25) is 0 Å². The van der Waals surface area contributed by atoms with Crippen LogP contribution in [0.25, 0.3) is 66.1 Å². The van der Waals surface area contributed by atoms with Gasteiger partial charge in [0.15, 0.2) is 0 Å². The summed E-state index contributed by atoms with van der Waals surface area (Å²) in [6.07, 6.45) is 0. The number of hydrogen-bond donors (Lipinski definition) is 0. The topological polar surface area (TPSA) is 16.4 Å². The van der Waals surface area contributed by atoms with E-state index >= 15 is 0 Å². The first-order valence-corrected chi connectivity index (χ1v) is 15.0. The Morgan fingerprint density at radius 1 is 0.438 bits per heavy atom. The molecule has 0 aliphatic carbocycles. The maximum Gasteiger partial charge on any atom is 0.143 e. The Labute approximate surface area is 303 Å². The van der Waals surface area contributed by atoms with E-state index in [1.54, 1.807) is 54.6 Å². The molecule has 9 aromatic rings. The highest BCUT2D eigenvalue weighted by atomic mass is 16.3. The second-order valence-corrected chi connectivity index (χ2v) is 10.8. The Bertz CT molecular complexity index is 3450. The van der Waals surface area contributed by atoms with Crippen LogP contribution in [0.5, 0.6) is 0 Å². The predicted octanol–water partition coefficient (Wildman–Crippen LogP) is 13.2. The molecule has 0 unspecified atom stereocenters. The number of fused-ring (bicyclic) bond motifs is 5. The monoisotopic (exact) mass is 630 g/mol. The lowest BCUT2D eigenvalue weighted by atomic mass is 9.99. The molecule has 1 heterocycles. The van der Waals surface area contributed by atoms with Crippen molar-refractivity contribution < 1.29 is 27.7 Å². The molecule has 48 heavy (non-hydrogen) atoms. The molecule has 0 aliphatic heterocycles. The van der Waals surface area contributed by atoms with E-state index in [0.717, 1.165) is 10.8 Å². The number of furan rings is 1. The van der Waals surface area contributed by atoms with E-state index in [1.807, 2.05) is 30.3 Å². The standard InChI is InChI=1S/C46H31NO/c1-3-11-32(12-4-1)34-21-23-35(24-22-34)36-25-28-39(29-26-36)47(40-17-9-16-38(31-40)33-13-5-2-6-14-33)43-19-10-20-44-45(43)42-30-27-37-15-7-8-18-41(37)46(42)48-44/h1-31H/i1D,3D,4D,9D,11D,12D,16D,17D,21D,22D,23D,24D,25D,26D,28D,29D,31D. The first-order chi connectivity index (χ1) is 30.9. The third-order valence-corrected chi connectivity index (χ3v) is 7.96. The van der Waals surface area contributed by atoms with Gasteiger partial charge in [-0.3, -0.25) is 0 Å². The highest BCUT2D eigenvalue weighted by Crippen LogP contribution is 2.45. The molecule has 0 atom stereocenters. The molecule has 0 saturated carbocycles. The molecule has 0 amide bonds. The maximum atomic E-state index is 9.66. The molecule has 0 N–H and O–H groups in total. The molecule has 2 heteroatoms. The number of nitrogens with zero attached hydrogens (tertiary/aromatic N) is 1. The van der Waals surface area contributed by atoms with Crippen LogP contribution >= 0.6 is 0 Å². The second kappa shape index (κ2) is 11.8. The van der Waals surface area contributed by atoms with Crippen molar-refractivity contribution in [3.8, 4) is 33.4 Å². The molecular weight excluding hydrogens is 583 g/mol. The average molecular weight is 631 g/mol. The van der Waals surface area contributed by atoms with E-state index in [-0.39, 0.29) is 16.9 Å². The van der Waals surface area contributed by atoms with Crippen molar-refractivity contribution in [3.63, 3.8) is 0 Å². The normalized spacial score (nSPS) is 16.3. The van der Waals surface area contributed by atoms with E-state index in [1.165, 1.54) is 4.90 Å². The van der Waals surface area contributed by atoms with Crippen molar-refractivity contribution in [1.82, 2.24) is 0 Å². The van der Waals surface area contributed by atoms with Crippen molar-refractivity contribution in [2.45, 2.75) is 0 Å². The van der Waals surface area contributed by atoms with E-state index in [0.29, 0.717) is 27.5 Å². The second-order valence-electron chi connectivity index (χ2n) is 10.8. The number of anilines is 3. The van der Waals surface area contributed by atoms with Gasteiger partial charge in [-0.1, -0.05) is 145 Å². The van der Waals surface area contributed by atoms with Gasteiger partial charge in [-0.05, 0) is 81.1 Å². The summed E-state index contributed by atoms with van der Waals surface area (Å²) in [5, 5.41) is 2.56. The Morgan fingerprint density at radius 2 is 1.10 bits per heavy atom. The van der Waals surface area contributed by atoms with Crippen LogP contribution in [0.3, 0.4) is 0 Å². The summed E-state index contributed by atoms with van der Waals surface area (Å²) in [5.74, 6) is 0. The molecule has 226 valence electrons. The van der Waals surface area contributed by atoms with E-state index in [9.17, 15) is 8.22 Å². The lowest BCUT2D eigenvalue weighted by Crippen LogP contribution is -2.10. The van der Waals surface area contributed by atoms with E-state index in [4.69, 9.17) is 19.5 Å². The number of hydrogen-bond acceptors (Lipinski definition) is 2. The Hall–Kier alpha value is -6.38. The van der Waals surface area contributed by atoms with E-state index < -0.39 is 131 Å². The van der Waals surface area contributed by atoms with Gasteiger partial charge in [0.05, 0.1) is 34.4 Å². The summed E-state index contributed by atoms with van der Waals surface area (Å²) in [7, 11) is 0. The van der Waals surface area contributed by atoms with Crippen molar-refractivity contribution in [3.05, 3.63) is 188 Å². The van der Waals surface area contributed by atoms with Gasteiger partial charge in [-0.2, -0.15) is 0 Å². The first kappa shape index (κ1) is 15.5. The Balaban J connectivity index is 1.38. The van der Waals surface area contributed by atoms with Gasteiger partial charge in [-0.15, -0.1) is 0 Å². The molecular formula is C46H31NO. The zero-order valence-corrected chi connectivity index (χ0v) is 24.9. The third-order valence-electron chi connectivity index (χ3n) is 7.96. The van der Waals surface area contributed by atoms with Crippen molar-refractivity contribution in [2.75, 3.05) is 4.90 Å². The van der Waals surface area contributed by atoms with Gasteiger partial charge in [-0.25, -0.2) is 0 Å². The summed E-state index contributed by atoms with van der Waals surface area (Å²) in [5.41, 5.74) is -2.20. The van der Waals surface area contributed by atoms with Crippen molar-refractivity contribution >= 4 is 49.8 Å². The SMILES string of the molecule is [2H]c1c([2H])c([2H])c(-c2c([2H])c([2H])c(-c3c([2H])c([2H])c(N(c4c([2H])c([2H])c([2H])c(-c5ccccc5)c4[2H])c4cccc5oc6c7ccccc7ccc6c45)c([2H])c3[2H])c([2H])c2[2H])c([2H])c1[2H]. The van der Waals surface area contributed by atoms with Gasteiger partial charge < -0.3 is 9.32 Å². The average Bonchev–Trinajstić information content (AvgIpc) is 3.70. The summed E-state index contributed by atoms with van der Waals surface area (Å²) >= 11 is 0. The van der Waals surface area contributed by atoms with Gasteiger partial charge in [0.25, 0.3) is 0 Å². The summed E-state index contributed by atoms with van der Waals surface area (Å²) in [6, 6.07) is 11.7. The molecule has 0 radical (unpaired) electrons. The summed E-state index contributed by atoms with van der Waals surface area (Å²) in [6.45, 7) is 0. The summed E-state index contributed by atoms with van der Waals surface area (Å²) in [4.78, 5) is 1.17. The minimum Gasteiger partial charge on any atom is -0.455 e. The van der Waals surface area contributed by atoms with Crippen LogP contribution in [-0.4, -0.2) is 0 Å². The zero-order valence-electron chi connectivity index (χ0n) is 41.9. The number of benzene rings is 8. The van der Waals surface area contributed by atoms with E-state index in [2.05, 4.69) is 0 Å². The van der Waals surface area contributed by atoms with Gasteiger partial charge in [0.2, 0.25) is 0 Å². The molecule has 0 fully saturated rings. The van der Waals surface area contributed by atoms with Gasteiger partial charge in [0.1, 0.15) is 11.2 Å². The lowest BCUT2D eigenvalue weighted by molar-refractivity contribution is 0.672. The van der Waals surface area contributed by atoms with Crippen LogP contribution in [0.15, 0.2) is 192 Å². The Kier molecular flexibility index (Phi) is 3.79. The van der Waals surface area contributed by atoms with Gasteiger partial charge >= 0.3 is 0 Å². The quantitative estimate of drug-likeness (QED) is 0.182. The highest BCUT2D eigenvalue weighted by molar-refractivity contribution is 6.19. The third kappa shape index (κ3) is 4.92. The number of rotatable bonds is 6. The highest BCUT2D eigenvalue weighted by Gasteiger charge is 2.20. The Morgan fingerprint density at radius 3 is 1.88 bits per heavy atom. The first-order valence-electron chi connectivity index (χ1n) is 23.5. The molecule has 0 spiro atoms. The minimum atomic E-state index is -0.876. The molecule has 0 bridgehead atoms. The fraction of sp³-hybridized carbons (Fsp3) is 0. The fourth-order valence-electron chi connectivity index (χ4n) is 5.75. The minimum absolute atomic E-state index is 0.0449. The van der Waals surface area contributed by atoms with Crippen LogP contribution in [-0.2, 0) is 0 Å². The van der Waals surface area contributed by atoms with Crippen LogP contribution in [0, 0.1) is 0 Å². The lowest BCUT2D eigenvalue weighted by Gasteiger charge is -2.27. The summed E-state index contributed by atoms with van der Waals surface area (Å²) < 4.78 is 159. The van der Waals surface area contributed by atoms with Crippen LogP contribution in [0.1, 0.15) is 23.3 Å².